The Morgan fingerprint density at radius 1 is 1.00 bits per heavy atom. The van der Waals surface area contributed by atoms with Gasteiger partial charge in [-0.1, -0.05) is 6.92 Å². The van der Waals surface area contributed by atoms with Gasteiger partial charge in [0.1, 0.15) is 5.75 Å². The van der Waals surface area contributed by atoms with Crippen LogP contribution < -0.4 is 19.5 Å². The molecule has 1 N–H and O–H groups in total. The highest BCUT2D eigenvalue weighted by Crippen LogP contribution is 2.31. The first-order chi connectivity index (χ1) is 11.6. The Labute approximate surface area is 142 Å². The minimum Gasteiger partial charge on any atom is -0.494 e. The van der Waals surface area contributed by atoms with E-state index in [1.807, 2.05) is 44.2 Å². The molecule has 0 saturated carbocycles. The Balaban J connectivity index is 2.25. The fourth-order valence-corrected chi connectivity index (χ4v) is 2.42. The average molecular weight is 329 g/mol. The lowest BCUT2D eigenvalue weighted by Gasteiger charge is -2.14. The molecule has 5 heteroatoms. The smallest absolute Gasteiger partial charge is 0.256 e. The molecular formula is C19H23NO4. The van der Waals surface area contributed by atoms with Gasteiger partial charge in [-0.3, -0.25) is 4.79 Å². The molecule has 128 valence electrons. The first-order valence-corrected chi connectivity index (χ1v) is 7.92. The minimum absolute atomic E-state index is 0.183. The van der Waals surface area contributed by atoms with Crippen LogP contribution in [0.25, 0.3) is 0 Å². The van der Waals surface area contributed by atoms with Crippen LogP contribution in [0.3, 0.4) is 0 Å². The maximum absolute atomic E-state index is 12.6. The number of anilines is 1. The second-order valence-corrected chi connectivity index (χ2v) is 5.13. The fourth-order valence-electron chi connectivity index (χ4n) is 2.42. The van der Waals surface area contributed by atoms with Crippen molar-refractivity contribution >= 4 is 11.6 Å². The predicted octanol–water partition coefficient (Wildman–Crippen LogP) is 3.92. The Bertz CT molecular complexity index is 695. The van der Waals surface area contributed by atoms with E-state index in [-0.39, 0.29) is 5.91 Å². The molecule has 5 nitrogen and oxygen atoms in total. The van der Waals surface area contributed by atoms with Crippen molar-refractivity contribution in [2.75, 3.05) is 26.1 Å². The van der Waals surface area contributed by atoms with Gasteiger partial charge >= 0.3 is 0 Å². The number of hydrogen-bond acceptors (Lipinski definition) is 4. The first-order valence-electron chi connectivity index (χ1n) is 7.92. The third-order valence-electron chi connectivity index (χ3n) is 3.66. The van der Waals surface area contributed by atoms with Gasteiger partial charge < -0.3 is 19.5 Å². The summed E-state index contributed by atoms with van der Waals surface area (Å²) >= 11 is 0. The van der Waals surface area contributed by atoms with Gasteiger partial charge in [0.2, 0.25) is 0 Å². The van der Waals surface area contributed by atoms with Crippen LogP contribution in [0.15, 0.2) is 36.4 Å². The van der Waals surface area contributed by atoms with Crippen molar-refractivity contribution in [2.45, 2.75) is 20.3 Å². The number of amides is 1. The maximum Gasteiger partial charge on any atom is 0.256 e. The van der Waals surface area contributed by atoms with Crippen LogP contribution >= 0.6 is 0 Å². The second-order valence-electron chi connectivity index (χ2n) is 5.13. The number of rotatable bonds is 7. The van der Waals surface area contributed by atoms with Crippen LogP contribution in [0.5, 0.6) is 17.2 Å². The summed E-state index contributed by atoms with van der Waals surface area (Å²) in [5.74, 6) is 1.74. The lowest BCUT2D eigenvalue weighted by molar-refractivity contribution is 0.102. The Morgan fingerprint density at radius 2 is 1.62 bits per heavy atom. The van der Waals surface area contributed by atoms with Gasteiger partial charge in [0.05, 0.1) is 20.8 Å². The van der Waals surface area contributed by atoms with E-state index in [1.165, 1.54) is 0 Å². The largest absolute Gasteiger partial charge is 0.494 e. The second kappa shape index (κ2) is 8.24. The number of carbonyl (C=O) groups is 1. The summed E-state index contributed by atoms with van der Waals surface area (Å²) in [7, 11) is 3.13. The molecule has 0 fully saturated rings. The molecule has 0 aliphatic carbocycles. The van der Waals surface area contributed by atoms with E-state index in [2.05, 4.69) is 5.32 Å². The predicted molar refractivity (Wildman–Crippen MR) is 94.5 cm³/mol. The van der Waals surface area contributed by atoms with Crippen molar-refractivity contribution in [3.8, 4) is 17.2 Å². The molecule has 0 aliphatic heterocycles. The number of hydrogen-bond donors (Lipinski definition) is 1. The van der Waals surface area contributed by atoms with Gasteiger partial charge in [-0.2, -0.15) is 0 Å². The third-order valence-corrected chi connectivity index (χ3v) is 3.66. The number of benzene rings is 2. The van der Waals surface area contributed by atoms with Crippen LogP contribution in [0.1, 0.15) is 29.8 Å². The summed E-state index contributed by atoms with van der Waals surface area (Å²) in [5.41, 5.74) is 2.18. The molecule has 0 aromatic heterocycles. The van der Waals surface area contributed by atoms with E-state index in [4.69, 9.17) is 14.2 Å². The Morgan fingerprint density at radius 3 is 2.17 bits per heavy atom. The molecule has 0 unspecified atom stereocenters. The lowest BCUT2D eigenvalue weighted by Crippen LogP contribution is -2.14. The number of ether oxygens (including phenoxy) is 3. The molecule has 0 spiro atoms. The normalized spacial score (nSPS) is 10.2. The molecule has 24 heavy (non-hydrogen) atoms. The third kappa shape index (κ3) is 3.98. The van der Waals surface area contributed by atoms with Crippen molar-refractivity contribution in [2.24, 2.45) is 0 Å². The van der Waals surface area contributed by atoms with E-state index in [9.17, 15) is 4.79 Å². The molecule has 0 saturated heterocycles. The summed E-state index contributed by atoms with van der Waals surface area (Å²) < 4.78 is 16.0. The molecule has 0 radical (unpaired) electrons. The van der Waals surface area contributed by atoms with Gasteiger partial charge in [-0.05, 0) is 55.3 Å². The molecule has 0 bridgehead atoms. The molecular weight excluding hydrogens is 306 g/mol. The quantitative estimate of drug-likeness (QED) is 0.836. The molecule has 1 amide bonds. The zero-order valence-corrected chi connectivity index (χ0v) is 14.5. The molecule has 0 atom stereocenters. The summed E-state index contributed by atoms with van der Waals surface area (Å²) in [5, 5.41) is 2.90. The van der Waals surface area contributed by atoms with Crippen LogP contribution in [-0.2, 0) is 6.42 Å². The monoisotopic (exact) mass is 329 g/mol. The van der Waals surface area contributed by atoms with Crippen molar-refractivity contribution in [1.29, 1.82) is 0 Å². The number of carbonyl (C=O) groups excluding carboxylic acids is 1. The summed E-state index contributed by atoms with van der Waals surface area (Å²) in [6.45, 7) is 4.53. The van der Waals surface area contributed by atoms with E-state index >= 15 is 0 Å². The van der Waals surface area contributed by atoms with Gasteiger partial charge in [0.15, 0.2) is 11.5 Å². The van der Waals surface area contributed by atoms with E-state index in [0.717, 1.165) is 11.3 Å². The van der Waals surface area contributed by atoms with Crippen molar-refractivity contribution < 1.29 is 19.0 Å². The van der Waals surface area contributed by atoms with Crippen LogP contribution in [0, 0.1) is 0 Å². The zero-order valence-electron chi connectivity index (χ0n) is 14.5. The SMILES string of the molecule is CCOc1ccc(NC(=O)c2cc(OC)c(OC)cc2CC)cc1. The van der Waals surface area contributed by atoms with Gasteiger partial charge in [0.25, 0.3) is 5.91 Å². The molecule has 0 aliphatic rings. The van der Waals surface area contributed by atoms with Crippen LogP contribution in [0.2, 0.25) is 0 Å². The summed E-state index contributed by atoms with van der Waals surface area (Å²) in [6.07, 6.45) is 0.715. The molecule has 2 rings (SSSR count). The number of methoxy groups -OCH3 is 2. The Hall–Kier alpha value is -2.69. The lowest BCUT2D eigenvalue weighted by atomic mass is 10.0. The highest BCUT2D eigenvalue weighted by Gasteiger charge is 2.16. The molecule has 0 heterocycles. The highest BCUT2D eigenvalue weighted by molar-refractivity contribution is 6.05. The molecule has 2 aromatic rings. The van der Waals surface area contributed by atoms with Crippen molar-refractivity contribution in [3.05, 3.63) is 47.5 Å². The van der Waals surface area contributed by atoms with Gasteiger partial charge in [-0.25, -0.2) is 0 Å². The average Bonchev–Trinajstić information content (AvgIpc) is 2.62. The standard InChI is InChI=1S/C19H23NO4/c1-5-13-11-17(22-3)18(23-4)12-16(13)19(21)20-14-7-9-15(10-8-14)24-6-2/h7-12H,5-6H2,1-4H3,(H,20,21). The van der Waals surface area contributed by atoms with E-state index in [0.29, 0.717) is 35.8 Å². The maximum atomic E-state index is 12.6. The topological polar surface area (TPSA) is 56.8 Å². The Kier molecular flexibility index (Phi) is 6.07. The van der Waals surface area contributed by atoms with Crippen molar-refractivity contribution in [1.82, 2.24) is 0 Å². The van der Waals surface area contributed by atoms with Gasteiger partial charge in [-0.15, -0.1) is 0 Å². The van der Waals surface area contributed by atoms with Crippen LogP contribution in [0.4, 0.5) is 5.69 Å². The summed E-state index contributed by atoms with van der Waals surface area (Å²) in [6, 6.07) is 10.8. The van der Waals surface area contributed by atoms with Crippen LogP contribution in [-0.4, -0.2) is 26.7 Å². The molecule has 2 aromatic carbocycles. The van der Waals surface area contributed by atoms with E-state index in [1.54, 1.807) is 20.3 Å². The number of aryl methyl sites for hydroxylation is 1. The van der Waals surface area contributed by atoms with Gasteiger partial charge in [0, 0.05) is 11.3 Å². The highest BCUT2D eigenvalue weighted by atomic mass is 16.5. The summed E-state index contributed by atoms with van der Waals surface area (Å²) in [4.78, 5) is 12.6. The van der Waals surface area contributed by atoms with E-state index < -0.39 is 0 Å². The first kappa shape index (κ1) is 17.7. The minimum atomic E-state index is -0.183. The fraction of sp³-hybridized carbons (Fsp3) is 0.316. The van der Waals surface area contributed by atoms with Crippen molar-refractivity contribution in [3.63, 3.8) is 0 Å². The zero-order chi connectivity index (χ0) is 17.5. The number of nitrogens with one attached hydrogen (secondary N) is 1.